The fourth-order valence-electron chi connectivity index (χ4n) is 1.63. The van der Waals surface area contributed by atoms with E-state index < -0.39 is 10.8 Å². The SMILES string of the molecule is Cc1noc(CNC(=O)c2cc(NN)ccc2[N+](=O)[O-])n1. The Balaban J connectivity index is 2.19. The molecule has 0 atom stereocenters. The van der Waals surface area contributed by atoms with Crippen LogP contribution in [0, 0.1) is 17.0 Å². The van der Waals surface area contributed by atoms with Crippen LogP contribution >= 0.6 is 0 Å². The minimum atomic E-state index is -0.647. The maximum Gasteiger partial charge on any atom is 0.282 e. The van der Waals surface area contributed by atoms with Gasteiger partial charge in [-0.3, -0.25) is 20.8 Å². The molecule has 0 aliphatic heterocycles. The van der Waals surface area contributed by atoms with Crippen LogP contribution in [0.2, 0.25) is 0 Å². The number of nitro groups is 1. The van der Waals surface area contributed by atoms with Crippen molar-refractivity contribution >= 4 is 17.3 Å². The second-order valence-corrected chi connectivity index (χ2v) is 4.05. The molecule has 0 bridgehead atoms. The first-order chi connectivity index (χ1) is 10.0. The molecule has 0 aliphatic carbocycles. The highest BCUT2D eigenvalue weighted by Crippen LogP contribution is 2.22. The molecule has 0 spiro atoms. The number of hydrogen-bond donors (Lipinski definition) is 3. The van der Waals surface area contributed by atoms with Gasteiger partial charge in [0, 0.05) is 11.8 Å². The lowest BCUT2D eigenvalue weighted by Gasteiger charge is -2.06. The van der Waals surface area contributed by atoms with E-state index in [0.717, 1.165) is 0 Å². The lowest BCUT2D eigenvalue weighted by Crippen LogP contribution is -2.24. The highest BCUT2D eigenvalue weighted by molar-refractivity contribution is 5.99. The molecule has 0 radical (unpaired) electrons. The summed E-state index contributed by atoms with van der Waals surface area (Å²) in [7, 11) is 0. The van der Waals surface area contributed by atoms with Crippen LogP contribution in [0.25, 0.3) is 0 Å². The molecule has 4 N–H and O–H groups in total. The molecule has 110 valence electrons. The van der Waals surface area contributed by atoms with Crippen LogP contribution in [-0.2, 0) is 6.54 Å². The summed E-state index contributed by atoms with van der Waals surface area (Å²) in [6.07, 6.45) is 0. The summed E-state index contributed by atoms with van der Waals surface area (Å²) in [4.78, 5) is 26.2. The monoisotopic (exact) mass is 292 g/mol. The molecule has 2 rings (SSSR count). The quantitative estimate of drug-likeness (QED) is 0.409. The fourth-order valence-corrected chi connectivity index (χ4v) is 1.63. The highest BCUT2D eigenvalue weighted by Gasteiger charge is 2.21. The Morgan fingerprint density at radius 2 is 2.29 bits per heavy atom. The summed E-state index contributed by atoms with van der Waals surface area (Å²) in [5, 5.41) is 17.0. The minimum absolute atomic E-state index is 0.0306. The smallest absolute Gasteiger partial charge is 0.282 e. The normalized spacial score (nSPS) is 10.2. The number of nitrogens with two attached hydrogens (primary N) is 1. The van der Waals surface area contributed by atoms with Crippen LogP contribution < -0.4 is 16.6 Å². The van der Waals surface area contributed by atoms with Gasteiger partial charge < -0.3 is 15.3 Å². The van der Waals surface area contributed by atoms with Crippen LogP contribution in [0.5, 0.6) is 0 Å². The van der Waals surface area contributed by atoms with E-state index in [1.807, 2.05) is 0 Å². The first-order valence-corrected chi connectivity index (χ1v) is 5.83. The van der Waals surface area contributed by atoms with Crippen molar-refractivity contribution in [2.24, 2.45) is 5.84 Å². The largest absolute Gasteiger partial charge is 0.343 e. The average Bonchev–Trinajstić information content (AvgIpc) is 2.89. The molecular weight excluding hydrogens is 280 g/mol. The Morgan fingerprint density at radius 1 is 1.52 bits per heavy atom. The summed E-state index contributed by atoms with van der Waals surface area (Å²) in [5.74, 6) is 5.22. The summed E-state index contributed by atoms with van der Waals surface area (Å²) in [5.41, 5.74) is 2.25. The van der Waals surface area contributed by atoms with Crippen molar-refractivity contribution < 1.29 is 14.2 Å². The molecule has 1 aromatic heterocycles. The zero-order chi connectivity index (χ0) is 15.4. The molecule has 0 saturated carbocycles. The predicted molar refractivity (Wildman–Crippen MR) is 71.1 cm³/mol. The van der Waals surface area contributed by atoms with Gasteiger partial charge in [0.2, 0.25) is 5.89 Å². The van der Waals surface area contributed by atoms with Crippen LogP contribution in [0.1, 0.15) is 22.1 Å². The third-order valence-corrected chi connectivity index (χ3v) is 2.57. The van der Waals surface area contributed by atoms with Crippen molar-refractivity contribution in [3.8, 4) is 0 Å². The van der Waals surface area contributed by atoms with Crippen molar-refractivity contribution in [3.05, 3.63) is 45.6 Å². The topological polar surface area (TPSA) is 149 Å². The third kappa shape index (κ3) is 3.30. The number of carbonyl (C=O) groups excluding carboxylic acids is 1. The molecule has 1 heterocycles. The van der Waals surface area contributed by atoms with Crippen LogP contribution in [0.15, 0.2) is 22.7 Å². The van der Waals surface area contributed by atoms with E-state index in [1.54, 1.807) is 6.92 Å². The molecule has 0 unspecified atom stereocenters. The summed E-state index contributed by atoms with van der Waals surface area (Å²) in [6, 6.07) is 3.88. The van der Waals surface area contributed by atoms with E-state index in [9.17, 15) is 14.9 Å². The van der Waals surface area contributed by atoms with Gasteiger partial charge in [0.25, 0.3) is 11.6 Å². The van der Waals surface area contributed by atoms with Crippen molar-refractivity contribution in [1.29, 1.82) is 0 Å². The number of aryl methyl sites for hydroxylation is 1. The zero-order valence-electron chi connectivity index (χ0n) is 11.0. The number of anilines is 1. The lowest BCUT2D eigenvalue weighted by atomic mass is 10.1. The molecule has 1 amide bonds. The number of nitrogen functional groups attached to an aromatic ring is 1. The van der Waals surface area contributed by atoms with Crippen LogP contribution in [-0.4, -0.2) is 21.0 Å². The average molecular weight is 292 g/mol. The number of nitro benzene ring substituents is 1. The fraction of sp³-hybridized carbons (Fsp3) is 0.182. The molecule has 21 heavy (non-hydrogen) atoms. The van der Waals surface area contributed by atoms with Gasteiger partial charge in [-0.05, 0) is 19.1 Å². The lowest BCUT2D eigenvalue weighted by molar-refractivity contribution is -0.385. The molecule has 0 aliphatic rings. The van der Waals surface area contributed by atoms with Crippen LogP contribution in [0.4, 0.5) is 11.4 Å². The molecule has 0 saturated heterocycles. The van der Waals surface area contributed by atoms with Gasteiger partial charge in [-0.1, -0.05) is 5.16 Å². The van der Waals surface area contributed by atoms with E-state index in [-0.39, 0.29) is 23.7 Å². The first kappa shape index (κ1) is 14.4. The summed E-state index contributed by atoms with van der Waals surface area (Å²) < 4.78 is 4.83. The van der Waals surface area contributed by atoms with Gasteiger partial charge in [0.1, 0.15) is 5.56 Å². The predicted octanol–water partition coefficient (Wildman–Crippen LogP) is 0.502. The standard InChI is InChI=1S/C11H12N6O4/c1-6-14-10(21-16-6)5-13-11(18)8-4-7(15-12)2-3-9(8)17(19)20/h2-4,15H,5,12H2,1H3,(H,13,18). The summed E-state index contributed by atoms with van der Waals surface area (Å²) in [6.45, 7) is 1.60. The van der Waals surface area contributed by atoms with Gasteiger partial charge >= 0.3 is 0 Å². The number of nitrogens with zero attached hydrogens (tertiary/aromatic N) is 3. The van der Waals surface area contributed by atoms with E-state index >= 15 is 0 Å². The Bertz CT molecular complexity index is 683. The van der Waals surface area contributed by atoms with Crippen molar-refractivity contribution in [2.75, 3.05) is 5.43 Å². The maximum atomic E-state index is 12.0. The second kappa shape index (κ2) is 5.96. The van der Waals surface area contributed by atoms with Crippen LogP contribution in [0.3, 0.4) is 0 Å². The Morgan fingerprint density at radius 3 is 2.86 bits per heavy atom. The number of aromatic nitrogens is 2. The number of hydrogen-bond acceptors (Lipinski definition) is 8. The Labute approximate surface area is 118 Å². The number of carbonyl (C=O) groups is 1. The second-order valence-electron chi connectivity index (χ2n) is 4.05. The van der Waals surface area contributed by atoms with Gasteiger partial charge in [0.15, 0.2) is 5.82 Å². The van der Waals surface area contributed by atoms with Crippen molar-refractivity contribution in [2.45, 2.75) is 13.5 Å². The van der Waals surface area contributed by atoms with E-state index in [2.05, 4.69) is 20.9 Å². The molecular formula is C11H12N6O4. The maximum absolute atomic E-state index is 12.0. The number of benzene rings is 1. The van der Waals surface area contributed by atoms with E-state index in [1.165, 1.54) is 18.2 Å². The number of nitrogens with one attached hydrogen (secondary N) is 2. The van der Waals surface area contributed by atoms with Gasteiger partial charge in [-0.2, -0.15) is 4.98 Å². The van der Waals surface area contributed by atoms with Gasteiger partial charge in [0.05, 0.1) is 11.5 Å². The number of rotatable bonds is 5. The van der Waals surface area contributed by atoms with E-state index in [4.69, 9.17) is 10.4 Å². The van der Waals surface area contributed by atoms with Crippen molar-refractivity contribution in [1.82, 2.24) is 15.5 Å². The Kier molecular flexibility index (Phi) is 4.09. The number of hydrazine groups is 1. The molecule has 1 aromatic carbocycles. The highest BCUT2D eigenvalue weighted by atomic mass is 16.6. The van der Waals surface area contributed by atoms with Gasteiger partial charge in [-0.15, -0.1) is 0 Å². The van der Waals surface area contributed by atoms with Crippen molar-refractivity contribution in [3.63, 3.8) is 0 Å². The molecule has 2 aromatic rings. The minimum Gasteiger partial charge on any atom is -0.343 e. The van der Waals surface area contributed by atoms with E-state index in [0.29, 0.717) is 11.5 Å². The first-order valence-electron chi connectivity index (χ1n) is 5.83. The zero-order valence-corrected chi connectivity index (χ0v) is 11.0. The Hall–Kier alpha value is -3.01. The number of amides is 1. The molecule has 10 heteroatoms. The molecule has 0 fully saturated rings. The van der Waals surface area contributed by atoms with Gasteiger partial charge in [-0.25, -0.2) is 0 Å². The molecule has 10 nitrogen and oxygen atoms in total. The third-order valence-electron chi connectivity index (χ3n) is 2.57. The summed E-state index contributed by atoms with van der Waals surface area (Å²) >= 11 is 0.